The summed E-state index contributed by atoms with van der Waals surface area (Å²) in [6.07, 6.45) is 0. The van der Waals surface area contributed by atoms with E-state index in [0.717, 1.165) is 0 Å². The molecule has 13 nitrogen and oxygen atoms in total. The van der Waals surface area contributed by atoms with Gasteiger partial charge in [0.15, 0.2) is 0 Å². The van der Waals surface area contributed by atoms with Gasteiger partial charge in [0.1, 0.15) is 0 Å². The minimum atomic E-state index is -1.18. The molecule has 14 heteroatoms. The Morgan fingerprint density at radius 2 is 0.756 bits per heavy atom. The van der Waals surface area contributed by atoms with Crippen LogP contribution in [-0.4, -0.2) is 83.1 Å². The van der Waals surface area contributed by atoms with Gasteiger partial charge in [-0.3, -0.25) is 0 Å². The van der Waals surface area contributed by atoms with E-state index in [9.17, 15) is 29.7 Å². The van der Waals surface area contributed by atoms with Gasteiger partial charge in [-0.25, -0.2) is 14.4 Å². The van der Waals surface area contributed by atoms with Crippen LogP contribution in [0.2, 0.25) is 0 Å². The van der Waals surface area contributed by atoms with E-state index >= 15 is 0 Å². The summed E-state index contributed by atoms with van der Waals surface area (Å²) in [6.45, 7) is 1.73. The first-order valence-corrected chi connectivity index (χ1v) is 11.4. The van der Waals surface area contributed by atoms with E-state index in [0.29, 0.717) is 26.4 Å². The number of ether oxygens (including phenoxy) is 2. The molecule has 5 N–H and O–H groups in total. The van der Waals surface area contributed by atoms with Crippen molar-refractivity contribution in [1.29, 1.82) is 0 Å². The van der Waals surface area contributed by atoms with Crippen LogP contribution in [0, 0.1) is 38.6 Å². The van der Waals surface area contributed by atoms with Crippen molar-refractivity contribution in [3.63, 3.8) is 0 Å². The summed E-state index contributed by atoms with van der Waals surface area (Å²) < 4.78 is 9.75. The van der Waals surface area contributed by atoms with E-state index in [1.54, 1.807) is 0 Å². The van der Waals surface area contributed by atoms with Crippen molar-refractivity contribution in [2.75, 3.05) is 39.6 Å². The molecule has 0 aromatic heterocycles. The van der Waals surface area contributed by atoms with E-state index in [1.807, 2.05) is 0 Å². The maximum atomic E-state index is 10.7. The minimum absolute atomic E-state index is 0. The predicted molar refractivity (Wildman–Crippen MR) is 134 cm³/mol. The topological polar surface area (TPSA) is 240 Å². The quantitative estimate of drug-likeness (QED) is 0.178. The van der Waals surface area contributed by atoms with E-state index in [4.69, 9.17) is 35.0 Å². The summed E-state index contributed by atoms with van der Waals surface area (Å²) in [5.41, 5.74) is -0.535. The normalized spacial score (nSPS) is 9.22. The Morgan fingerprint density at radius 1 is 0.512 bits per heavy atom. The molecule has 41 heavy (non-hydrogen) atoms. The Morgan fingerprint density at radius 3 is 0.927 bits per heavy atom. The van der Waals surface area contributed by atoms with Crippen LogP contribution in [0.4, 0.5) is 0 Å². The smallest absolute Gasteiger partial charge is 0.872 e. The van der Waals surface area contributed by atoms with Crippen molar-refractivity contribution in [1.82, 2.24) is 0 Å². The second-order valence-electron chi connectivity index (χ2n) is 7.08. The van der Waals surface area contributed by atoms with Gasteiger partial charge in [0.25, 0.3) is 0 Å². The number of hydrogen-bond acceptors (Lipinski definition) is 10. The fourth-order valence-electron chi connectivity index (χ4n) is 2.38. The first-order chi connectivity index (χ1) is 19.1. The molecule has 0 saturated heterocycles. The van der Waals surface area contributed by atoms with Crippen LogP contribution in [-0.2, 0) is 9.47 Å². The second kappa shape index (κ2) is 24.4. The minimum Gasteiger partial charge on any atom is -0.872 e. The molecule has 3 aromatic carbocycles. The fourth-order valence-corrected chi connectivity index (χ4v) is 2.38. The average Bonchev–Trinajstić information content (AvgIpc) is 2.92. The fraction of sp³-hybridized carbons (Fsp3) is 0.222. The molecular weight excluding hydrogens is 691 g/mol. The molecule has 0 bridgehead atoms. The standard InChI is InChI=1S/3C7H6O3.C6H14O4.Tb/c3*8-6-4-2-1-3-5(6)7(9)10;7-1-3-9-5-6-10-4-2-8;/h3*1-4,8H,(H,9,10);7-8H,1-6H2;/q;;;;+3/p-3. The van der Waals surface area contributed by atoms with Crippen molar-refractivity contribution in [2.24, 2.45) is 0 Å². The largest absolute Gasteiger partial charge is 3.00 e. The SMILES string of the molecule is O=C(O)c1ccccc1[O-].O=C(O)c1ccccc1[O-].O=C(O)c1ccccc1[O-].OCCOCCOCCO.[Tb+3]. The van der Waals surface area contributed by atoms with Crippen molar-refractivity contribution < 1.29 is 103 Å². The number of carboxylic acid groups (broad SMARTS) is 3. The monoisotopic (exact) mass is 720 g/mol. The molecule has 0 atom stereocenters. The van der Waals surface area contributed by atoms with E-state index in [-0.39, 0.29) is 68.5 Å². The molecular formula is C27H29O13Tb. The number of para-hydroxylation sites is 3. The maximum Gasteiger partial charge on any atom is 3.00 e. The van der Waals surface area contributed by atoms with Crippen LogP contribution in [0.1, 0.15) is 31.1 Å². The third-order valence-electron chi connectivity index (χ3n) is 4.20. The van der Waals surface area contributed by atoms with E-state index < -0.39 is 35.2 Å². The number of aromatic carboxylic acids is 3. The van der Waals surface area contributed by atoms with E-state index in [1.165, 1.54) is 72.8 Å². The zero-order valence-corrected chi connectivity index (χ0v) is 23.6. The molecule has 0 heterocycles. The third kappa shape index (κ3) is 18.5. The summed E-state index contributed by atoms with van der Waals surface area (Å²) in [4.78, 5) is 30.7. The van der Waals surface area contributed by atoms with Crippen molar-refractivity contribution >= 4 is 17.9 Å². The summed E-state index contributed by atoms with van der Waals surface area (Å²) in [5, 5.41) is 73.7. The Hall–Kier alpha value is -3.40. The van der Waals surface area contributed by atoms with Gasteiger partial charge in [-0.05, 0) is 18.2 Å². The van der Waals surface area contributed by atoms with Crippen LogP contribution in [0.25, 0.3) is 0 Å². The van der Waals surface area contributed by atoms with E-state index in [2.05, 4.69) is 0 Å². The van der Waals surface area contributed by atoms with Crippen LogP contribution in [0.3, 0.4) is 0 Å². The van der Waals surface area contributed by atoms with Gasteiger partial charge in [0, 0.05) is 0 Å². The molecule has 3 rings (SSSR count). The van der Waals surface area contributed by atoms with Crippen LogP contribution >= 0.6 is 0 Å². The predicted octanol–water partition coefficient (Wildman–Crippen LogP) is 0.379. The second-order valence-corrected chi connectivity index (χ2v) is 7.08. The van der Waals surface area contributed by atoms with Crippen LogP contribution in [0.15, 0.2) is 72.8 Å². The van der Waals surface area contributed by atoms with Gasteiger partial charge in [0.05, 0.1) is 56.3 Å². The maximum absolute atomic E-state index is 10.7. The summed E-state index contributed by atoms with van der Waals surface area (Å²) >= 11 is 0. The zero-order valence-electron chi connectivity index (χ0n) is 21.5. The number of carbonyl (C=O) groups is 3. The molecule has 0 aliphatic rings. The molecule has 224 valence electrons. The number of aliphatic hydroxyl groups excluding tert-OH is 2. The van der Waals surface area contributed by atoms with Crippen molar-refractivity contribution in [2.45, 2.75) is 0 Å². The molecule has 0 aliphatic heterocycles. The number of aliphatic hydroxyl groups is 2. The molecule has 0 amide bonds. The number of hydrogen-bond donors (Lipinski definition) is 5. The van der Waals surface area contributed by atoms with Crippen molar-refractivity contribution in [3.8, 4) is 17.2 Å². The van der Waals surface area contributed by atoms with Gasteiger partial charge in [-0.1, -0.05) is 71.8 Å². The molecule has 0 aliphatic carbocycles. The molecule has 0 fully saturated rings. The van der Waals surface area contributed by atoms with Gasteiger partial charge in [-0.2, -0.15) is 0 Å². The van der Waals surface area contributed by atoms with Crippen molar-refractivity contribution in [3.05, 3.63) is 89.5 Å². The first kappa shape index (κ1) is 39.7. The number of benzene rings is 3. The molecule has 0 radical (unpaired) electrons. The Kier molecular flexibility index (Phi) is 23.6. The van der Waals surface area contributed by atoms with Crippen LogP contribution < -0.4 is 15.3 Å². The number of carboxylic acids is 3. The summed E-state index contributed by atoms with van der Waals surface area (Å²) in [6, 6.07) is 16.6. The van der Waals surface area contributed by atoms with Gasteiger partial charge >= 0.3 is 56.5 Å². The molecule has 0 saturated carbocycles. The zero-order chi connectivity index (χ0) is 30.3. The van der Waals surface area contributed by atoms with Crippen LogP contribution in [0.5, 0.6) is 17.2 Å². The van der Waals surface area contributed by atoms with Gasteiger partial charge in [0.2, 0.25) is 0 Å². The van der Waals surface area contributed by atoms with Gasteiger partial charge < -0.3 is 50.3 Å². The average molecular weight is 720 g/mol. The molecule has 3 aromatic rings. The summed E-state index contributed by atoms with van der Waals surface area (Å²) in [5.74, 6) is -4.87. The summed E-state index contributed by atoms with van der Waals surface area (Å²) in [7, 11) is 0. The third-order valence-corrected chi connectivity index (χ3v) is 4.20. The Balaban J connectivity index is 0. The Bertz CT molecular complexity index is 1030. The molecule has 0 unspecified atom stereocenters. The number of rotatable bonds is 10. The Labute approximate surface area is 266 Å². The first-order valence-electron chi connectivity index (χ1n) is 11.4. The molecule has 0 spiro atoms. The van der Waals surface area contributed by atoms with Gasteiger partial charge in [-0.15, -0.1) is 0 Å².